The summed E-state index contributed by atoms with van der Waals surface area (Å²) < 4.78 is 41.0. The van der Waals surface area contributed by atoms with Crippen LogP contribution in [0, 0.1) is 11.7 Å². The van der Waals surface area contributed by atoms with Gasteiger partial charge in [-0.15, -0.1) is 0 Å². The zero-order valence-corrected chi connectivity index (χ0v) is 15.2. The minimum Gasteiger partial charge on any atom is -0.351 e. The van der Waals surface area contributed by atoms with Crippen LogP contribution in [-0.4, -0.2) is 40.0 Å². The van der Waals surface area contributed by atoms with Crippen molar-refractivity contribution < 1.29 is 17.6 Å². The van der Waals surface area contributed by atoms with E-state index in [9.17, 15) is 17.6 Å². The van der Waals surface area contributed by atoms with E-state index in [1.807, 2.05) is 6.08 Å². The van der Waals surface area contributed by atoms with Crippen molar-refractivity contribution in [1.82, 2.24) is 15.4 Å². The zero-order valence-electron chi connectivity index (χ0n) is 14.4. The van der Waals surface area contributed by atoms with Gasteiger partial charge in [0.25, 0.3) is 0 Å². The van der Waals surface area contributed by atoms with Crippen molar-refractivity contribution in [3.63, 3.8) is 0 Å². The second kappa shape index (κ2) is 8.55. The largest absolute Gasteiger partial charge is 0.351 e. The van der Waals surface area contributed by atoms with Crippen LogP contribution in [0.15, 0.2) is 40.8 Å². The Morgan fingerprint density at radius 2 is 2.04 bits per heavy atom. The third-order valence-electron chi connectivity index (χ3n) is 4.01. The fourth-order valence-corrected chi connectivity index (χ4v) is 3.95. The van der Waals surface area contributed by atoms with Crippen molar-refractivity contribution in [1.29, 1.82) is 0 Å². The van der Waals surface area contributed by atoms with Crippen LogP contribution in [0.5, 0.6) is 0 Å². The van der Waals surface area contributed by atoms with Crippen LogP contribution in [0.4, 0.5) is 4.39 Å². The molecular weight excluding hydrogens is 345 g/mol. The summed E-state index contributed by atoms with van der Waals surface area (Å²) in [7, 11) is -4.13. The maximum Gasteiger partial charge on any atom is 0.244 e. The summed E-state index contributed by atoms with van der Waals surface area (Å²) in [5.41, 5.74) is 1.10. The molecule has 6 nitrogen and oxygen atoms in total. The molecule has 1 unspecified atom stereocenters. The third kappa shape index (κ3) is 5.35. The van der Waals surface area contributed by atoms with Gasteiger partial charge in [-0.25, -0.2) is 12.8 Å². The van der Waals surface area contributed by atoms with Gasteiger partial charge in [0.15, 0.2) is 0 Å². The molecule has 0 spiro atoms. The van der Waals surface area contributed by atoms with Crippen molar-refractivity contribution in [2.24, 2.45) is 5.92 Å². The topological polar surface area (TPSA) is 87.3 Å². The first kappa shape index (κ1) is 19.6. The van der Waals surface area contributed by atoms with E-state index in [4.69, 9.17) is 0 Å². The number of carbonyl (C=O) groups excluding carboxylic acids is 1. The average molecular weight is 369 g/mol. The summed E-state index contributed by atoms with van der Waals surface area (Å²) in [4.78, 5) is 12.0. The van der Waals surface area contributed by atoms with Crippen LogP contribution in [0.1, 0.15) is 20.3 Å². The Morgan fingerprint density at radius 3 is 2.64 bits per heavy atom. The number of amides is 1. The molecule has 2 rings (SSSR count). The first-order valence-electron chi connectivity index (χ1n) is 8.24. The summed E-state index contributed by atoms with van der Waals surface area (Å²) in [6.45, 7) is 5.47. The standard InChI is InChI=1S/C17H24FN3O3S/c1-12(2)16(17(22)20-11-13-7-9-19-10-8-13)21-25(23,24)15-6-4-3-5-14(15)18/h3-7,12,16,19,21H,8-11H2,1-2H3,(H,20,22). The van der Waals surface area contributed by atoms with E-state index < -0.39 is 32.7 Å². The number of carbonyl (C=O) groups is 1. The van der Waals surface area contributed by atoms with Gasteiger partial charge in [0.1, 0.15) is 16.8 Å². The second-order valence-electron chi connectivity index (χ2n) is 6.31. The molecule has 8 heteroatoms. The highest BCUT2D eigenvalue weighted by Gasteiger charge is 2.29. The van der Waals surface area contributed by atoms with Crippen LogP contribution >= 0.6 is 0 Å². The number of hydrogen-bond donors (Lipinski definition) is 3. The molecule has 1 aliphatic rings. The van der Waals surface area contributed by atoms with Crippen LogP contribution in [0.3, 0.4) is 0 Å². The zero-order chi connectivity index (χ0) is 18.4. The molecule has 138 valence electrons. The van der Waals surface area contributed by atoms with Gasteiger partial charge in [-0.2, -0.15) is 4.72 Å². The molecule has 1 atom stereocenters. The summed E-state index contributed by atoms with van der Waals surface area (Å²) in [6, 6.07) is 4.11. The molecule has 0 fully saturated rings. The van der Waals surface area contributed by atoms with Crippen LogP contribution in [-0.2, 0) is 14.8 Å². The molecule has 0 radical (unpaired) electrons. The molecule has 0 saturated carbocycles. The number of halogens is 1. The summed E-state index contributed by atoms with van der Waals surface area (Å²) in [6.07, 6.45) is 2.85. The predicted molar refractivity (Wildman–Crippen MR) is 93.9 cm³/mol. The van der Waals surface area contributed by atoms with Gasteiger partial charge in [0.2, 0.25) is 15.9 Å². The number of benzene rings is 1. The van der Waals surface area contributed by atoms with Gasteiger partial charge < -0.3 is 10.6 Å². The lowest BCUT2D eigenvalue weighted by atomic mass is 10.0. The van der Waals surface area contributed by atoms with Crippen molar-refractivity contribution in [3.05, 3.63) is 41.7 Å². The smallest absolute Gasteiger partial charge is 0.244 e. The molecular formula is C17H24FN3O3S. The number of nitrogens with one attached hydrogen (secondary N) is 3. The predicted octanol–water partition coefficient (Wildman–Crippen LogP) is 1.16. The van der Waals surface area contributed by atoms with E-state index in [2.05, 4.69) is 15.4 Å². The van der Waals surface area contributed by atoms with Crippen molar-refractivity contribution in [2.75, 3.05) is 19.6 Å². The van der Waals surface area contributed by atoms with E-state index in [1.54, 1.807) is 13.8 Å². The third-order valence-corrected chi connectivity index (χ3v) is 5.48. The maximum atomic E-state index is 13.8. The van der Waals surface area contributed by atoms with Gasteiger partial charge in [-0.05, 0) is 31.0 Å². The molecule has 1 heterocycles. The molecule has 0 aromatic heterocycles. The fourth-order valence-electron chi connectivity index (χ4n) is 2.53. The maximum absolute atomic E-state index is 13.8. The summed E-state index contributed by atoms with van der Waals surface area (Å²) in [5.74, 6) is -1.56. The van der Waals surface area contributed by atoms with Crippen LogP contribution < -0.4 is 15.4 Å². The number of sulfonamides is 1. The molecule has 1 aliphatic heterocycles. The average Bonchev–Trinajstić information content (AvgIpc) is 2.58. The highest BCUT2D eigenvalue weighted by Crippen LogP contribution is 2.15. The number of hydrogen-bond acceptors (Lipinski definition) is 4. The normalized spacial score (nSPS) is 16.4. The number of rotatable bonds is 7. The quantitative estimate of drug-likeness (QED) is 0.630. The van der Waals surface area contributed by atoms with Crippen molar-refractivity contribution in [3.8, 4) is 0 Å². The van der Waals surface area contributed by atoms with Gasteiger partial charge in [0.05, 0.1) is 0 Å². The van der Waals surface area contributed by atoms with E-state index in [1.165, 1.54) is 18.2 Å². The fraction of sp³-hybridized carbons (Fsp3) is 0.471. The van der Waals surface area contributed by atoms with Gasteiger partial charge in [0, 0.05) is 13.1 Å². The minimum absolute atomic E-state index is 0.288. The lowest BCUT2D eigenvalue weighted by Gasteiger charge is -2.23. The Balaban J connectivity index is 2.08. The molecule has 0 saturated heterocycles. The highest BCUT2D eigenvalue weighted by molar-refractivity contribution is 7.89. The minimum atomic E-state index is -4.13. The Kier molecular flexibility index (Phi) is 6.69. The van der Waals surface area contributed by atoms with Crippen LogP contribution in [0.25, 0.3) is 0 Å². The molecule has 3 N–H and O–H groups in total. The second-order valence-corrected chi connectivity index (χ2v) is 7.99. The SMILES string of the molecule is CC(C)C(NS(=O)(=O)c1ccccc1F)C(=O)NCC1=CCNCC1. The lowest BCUT2D eigenvalue weighted by Crippen LogP contribution is -2.50. The van der Waals surface area contributed by atoms with Crippen molar-refractivity contribution >= 4 is 15.9 Å². The lowest BCUT2D eigenvalue weighted by molar-refractivity contribution is -0.123. The first-order valence-corrected chi connectivity index (χ1v) is 9.73. The van der Waals surface area contributed by atoms with E-state index in [0.717, 1.165) is 31.1 Å². The Labute approximate surface area is 147 Å². The van der Waals surface area contributed by atoms with E-state index in [0.29, 0.717) is 6.54 Å². The molecule has 1 aromatic carbocycles. The van der Waals surface area contributed by atoms with Gasteiger partial charge >= 0.3 is 0 Å². The molecule has 0 bridgehead atoms. The molecule has 0 aliphatic carbocycles. The van der Waals surface area contributed by atoms with Crippen molar-refractivity contribution in [2.45, 2.75) is 31.2 Å². The first-order chi connectivity index (χ1) is 11.8. The summed E-state index contributed by atoms with van der Waals surface area (Å²) >= 11 is 0. The monoisotopic (exact) mass is 369 g/mol. The Bertz CT molecular complexity index is 747. The van der Waals surface area contributed by atoms with E-state index in [-0.39, 0.29) is 5.92 Å². The molecule has 1 amide bonds. The summed E-state index contributed by atoms with van der Waals surface area (Å²) in [5, 5.41) is 5.95. The molecule has 25 heavy (non-hydrogen) atoms. The van der Waals surface area contributed by atoms with Crippen LogP contribution in [0.2, 0.25) is 0 Å². The molecule has 1 aromatic rings. The van der Waals surface area contributed by atoms with Gasteiger partial charge in [-0.1, -0.05) is 37.6 Å². The van der Waals surface area contributed by atoms with Gasteiger partial charge in [-0.3, -0.25) is 4.79 Å². The van der Waals surface area contributed by atoms with E-state index >= 15 is 0 Å². The Morgan fingerprint density at radius 1 is 1.32 bits per heavy atom. The highest BCUT2D eigenvalue weighted by atomic mass is 32.2. The Hall–Kier alpha value is -1.77.